The van der Waals surface area contributed by atoms with Crippen molar-refractivity contribution < 1.29 is 0 Å². The normalized spacial score (nSPS) is 11.1. The van der Waals surface area contributed by atoms with Crippen molar-refractivity contribution in [3.8, 4) is 0 Å². The lowest BCUT2D eigenvalue weighted by Crippen LogP contribution is -2.02. The van der Waals surface area contributed by atoms with Gasteiger partial charge in [0.15, 0.2) is 5.82 Å². The Morgan fingerprint density at radius 2 is 2.05 bits per heavy atom. The van der Waals surface area contributed by atoms with Crippen molar-refractivity contribution in [3.63, 3.8) is 0 Å². The fraction of sp³-hybridized carbons (Fsp3) is 0.357. The highest BCUT2D eigenvalue weighted by Gasteiger charge is 2.16. The van der Waals surface area contributed by atoms with E-state index >= 15 is 0 Å². The Labute approximate surface area is 122 Å². The summed E-state index contributed by atoms with van der Waals surface area (Å²) in [5, 5.41) is 7.83. The van der Waals surface area contributed by atoms with Crippen molar-refractivity contribution in [2.75, 3.05) is 11.1 Å². The summed E-state index contributed by atoms with van der Waals surface area (Å²) < 4.78 is 2.83. The minimum atomic E-state index is 0.308. The first-order valence-corrected chi connectivity index (χ1v) is 7.05. The minimum absolute atomic E-state index is 0.308. The van der Waals surface area contributed by atoms with E-state index in [1.165, 1.54) is 5.56 Å². The van der Waals surface area contributed by atoms with Crippen LogP contribution in [0.1, 0.15) is 31.0 Å². The number of nitrogens with two attached hydrogens (primary N) is 1. The van der Waals surface area contributed by atoms with Crippen molar-refractivity contribution in [1.82, 2.24) is 9.78 Å². The molecule has 0 saturated heterocycles. The summed E-state index contributed by atoms with van der Waals surface area (Å²) in [6, 6.07) is 6.08. The third-order valence-corrected chi connectivity index (χ3v) is 4.16. The first kappa shape index (κ1) is 13.9. The lowest BCUT2D eigenvalue weighted by molar-refractivity contribution is 0.718. The van der Waals surface area contributed by atoms with Gasteiger partial charge in [0.05, 0.1) is 17.1 Å². The summed E-state index contributed by atoms with van der Waals surface area (Å²) in [7, 11) is 1.90. The van der Waals surface area contributed by atoms with Crippen LogP contribution in [0.25, 0.3) is 0 Å². The lowest BCUT2D eigenvalue weighted by Gasteiger charge is -2.11. The molecule has 4 nitrogen and oxygen atoms in total. The molecule has 2 rings (SSSR count). The Bertz CT molecular complexity index is 602. The van der Waals surface area contributed by atoms with E-state index < -0.39 is 0 Å². The highest BCUT2D eigenvalue weighted by molar-refractivity contribution is 9.10. The molecule has 0 fully saturated rings. The Hall–Kier alpha value is -1.49. The summed E-state index contributed by atoms with van der Waals surface area (Å²) in [5.41, 5.74) is 9.99. The van der Waals surface area contributed by atoms with Crippen LogP contribution >= 0.6 is 15.9 Å². The van der Waals surface area contributed by atoms with E-state index in [4.69, 9.17) is 5.73 Å². The van der Waals surface area contributed by atoms with Crippen molar-refractivity contribution >= 4 is 33.1 Å². The average molecular weight is 323 g/mol. The maximum absolute atomic E-state index is 6.18. The largest absolute Gasteiger partial charge is 0.394 e. The van der Waals surface area contributed by atoms with Crippen LogP contribution in [0.3, 0.4) is 0 Å². The molecule has 5 heteroatoms. The van der Waals surface area contributed by atoms with E-state index in [1.807, 2.05) is 19.2 Å². The van der Waals surface area contributed by atoms with Crippen LogP contribution in [-0.4, -0.2) is 9.78 Å². The molecule has 0 aliphatic heterocycles. The number of rotatable bonds is 3. The van der Waals surface area contributed by atoms with Crippen molar-refractivity contribution in [2.24, 2.45) is 7.05 Å². The molecule has 0 saturated carbocycles. The third kappa shape index (κ3) is 2.61. The molecule has 3 N–H and O–H groups in total. The molecule has 0 aliphatic rings. The zero-order valence-corrected chi connectivity index (χ0v) is 13.2. The van der Waals surface area contributed by atoms with Gasteiger partial charge < -0.3 is 11.1 Å². The maximum Gasteiger partial charge on any atom is 0.152 e. The van der Waals surface area contributed by atoms with E-state index in [9.17, 15) is 0 Å². The number of halogens is 1. The topological polar surface area (TPSA) is 55.9 Å². The van der Waals surface area contributed by atoms with Gasteiger partial charge in [0.2, 0.25) is 0 Å². The number of hydrogen-bond acceptors (Lipinski definition) is 3. The maximum atomic E-state index is 6.18. The minimum Gasteiger partial charge on any atom is -0.394 e. The Morgan fingerprint density at radius 1 is 1.37 bits per heavy atom. The fourth-order valence-electron chi connectivity index (χ4n) is 2.01. The van der Waals surface area contributed by atoms with E-state index in [0.717, 1.165) is 21.7 Å². The molecule has 19 heavy (non-hydrogen) atoms. The number of benzene rings is 1. The highest BCUT2D eigenvalue weighted by Crippen LogP contribution is 2.33. The smallest absolute Gasteiger partial charge is 0.152 e. The standard InChI is InChI=1S/C14H19BrN4/c1-8(2)13-12(16)14(19(4)18-13)17-10-7-5-6-9(3)11(10)15/h5-8,17H,16H2,1-4H3. The van der Waals surface area contributed by atoms with Gasteiger partial charge in [-0.1, -0.05) is 26.0 Å². The van der Waals surface area contributed by atoms with E-state index in [-0.39, 0.29) is 0 Å². The zero-order chi connectivity index (χ0) is 14.2. The number of nitrogens with one attached hydrogen (secondary N) is 1. The van der Waals surface area contributed by atoms with Crippen molar-refractivity contribution in [3.05, 3.63) is 33.9 Å². The molecule has 0 bridgehead atoms. The van der Waals surface area contributed by atoms with Gasteiger partial charge in [-0.05, 0) is 40.4 Å². The van der Waals surface area contributed by atoms with Gasteiger partial charge in [0, 0.05) is 11.5 Å². The van der Waals surface area contributed by atoms with Crippen LogP contribution < -0.4 is 11.1 Å². The number of nitrogen functional groups attached to an aromatic ring is 1. The predicted molar refractivity (Wildman–Crippen MR) is 83.9 cm³/mol. The van der Waals surface area contributed by atoms with Gasteiger partial charge in [-0.25, -0.2) is 0 Å². The monoisotopic (exact) mass is 322 g/mol. The Kier molecular flexibility index (Phi) is 3.85. The molecule has 102 valence electrons. The second kappa shape index (κ2) is 5.25. The summed E-state index contributed by atoms with van der Waals surface area (Å²) >= 11 is 3.59. The third-order valence-electron chi connectivity index (χ3n) is 3.10. The molecule has 1 heterocycles. The molecular formula is C14H19BrN4. The van der Waals surface area contributed by atoms with Crippen LogP contribution in [0.5, 0.6) is 0 Å². The van der Waals surface area contributed by atoms with Crippen LogP contribution in [0.4, 0.5) is 17.2 Å². The van der Waals surface area contributed by atoms with Crippen LogP contribution in [0.15, 0.2) is 22.7 Å². The number of anilines is 3. The number of nitrogens with zero attached hydrogens (tertiary/aromatic N) is 2. The summed E-state index contributed by atoms with van der Waals surface area (Å²) in [5.74, 6) is 1.14. The van der Waals surface area contributed by atoms with Crippen molar-refractivity contribution in [1.29, 1.82) is 0 Å². The molecule has 0 aliphatic carbocycles. The summed E-state index contributed by atoms with van der Waals surface area (Å²) in [6.45, 7) is 6.23. The number of aryl methyl sites for hydroxylation is 2. The van der Waals surface area contributed by atoms with Crippen LogP contribution in [0, 0.1) is 6.92 Å². The van der Waals surface area contributed by atoms with Crippen LogP contribution in [0.2, 0.25) is 0 Å². The molecule has 0 unspecified atom stereocenters. The molecule has 1 aromatic carbocycles. The zero-order valence-electron chi connectivity index (χ0n) is 11.7. The average Bonchev–Trinajstić information content (AvgIpc) is 2.63. The fourth-order valence-corrected chi connectivity index (χ4v) is 2.37. The van der Waals surface area contributed by atoms with Crippen LogP contribution in [-0.2, 0) is 7.05 Å². The highest BCUT2D eigenvalue weighted by atomic mass is 79.9. The van der Waals surface area contributed by atoms with Gasteiger partial charge in [-0.3, -0.25) is 4.68 Å². The van der Waals surface area contributed by atoms with Gasteiger partial charge in [0.1, 0.15) is 0 Å². The summed E-state index contributed by atoms with van der Waals surface area (Å²) in [6.07, 6.45) is 0. The molecule has 0 atom stereocenters. The second-order valence-corrected chi connectivity index (χ2v) is 5.78. The lowest BCUT2D eigenvalue weighted by atomic mass is 10.1. The van der Waals surface area contributed by atoms with Crippen molar-refractivity contribution in [2.45, 2.75) is 26.7 Å². The van der Waals surface area contributed by atoms with Gasteiger partial charge in [-0.2, -0.15) is 5.10 Å². The molecule has 0 amide bonds. The van der Waals surface area contributed by atoms with Gasteiger partial charge in [0.25, 0.3) is 0 Å². The van der Waals surface area contributed by atoms with Gasteiger partial charge >= 0.3 is 0 Å². The molecule has 0 spiro atoms. The summed E-state index contributed by atoms with van der Waals surface area (Å²) in [4.78, 5) is 0. The SMILES string of the molecule is Cc1cccc(Nc2c(N)c(C(C)C)nn2C)c1Br. The first-order valence-electron chi connectivity index (χ1n) is 6.26. The molecule has 2 aromatic rings. The Balaban J connectivity index is 2.41. The first-order chi connectivity index (χ1) is 8.91. The van der Waals surface area contributed by atoms with E-state index in [1.54, 1.807) is 4.68 Å². The number of hydrogen-bond donors (Lipinski definition) is 2. The van der Waals surface area contributed by atoms with E-state index in [0.29, 0.717) is 11.6 Å². The second-order valence-electron chi connectivity index (χ2n) is 4.99. The quantitative estimate of drug-likeness (QED) is 0.899. The number of aromatic nitrogens is 2. The molecule has 0 radical (unpaired) electrons. The predicted octanol–water partition coefficient (Wildman–Crippen LogP) is 3.94. The van der Waals surface area contributed by atoms with E-state index in [2.05, 4.69) is 53.2 Å². The Morgan fingerprint density at radius 3 is 2.63 bits per heavy atom. The molecular weight excluding hydrogens is 304 g/mol. The molecule has 1 aromatic heterocycles. The van der Waals surface area contributed by atoms with Gasteiger partial charge in [-0.15, -0.1) is 0 Å².